The molecule has 0 N–H and O–H groups in total. The molecule has 0 bridgehead atoms. The van der Waals surface area contributed by atoms with E-state index < -0.39 is 11.2 Å². The Kier molecular flexibility index (Phi) is 5.15. The molecule has 2 aliphatic rings. The van der Waals surface area contributed by atoms with Crippen LogP contribution in [0, 0.1) is 10.1 Å². The van der Waals surface area contributed by atoms with Crippen LogP contribution in [-0.2, 0) is 0 Å². The molecule has 2 aliphatic heterocycles. The van der Waals surface area contributed by atoms with Crippen LogP contribution in [0.5, 0.6) is 5.75 Å². The van der Waals surface area contributed by atoms with Crippen molar-refractivity contribution in [3.63, 3.8) is 0 Å². The van der Waals surface area contributed by atoms with Crippen LogP contribution in [0.3, 0.4) is 0 Å². The summed E-state index contributed by atoms with van der Waals surface area (Å²) in [6.45, 7) is 0. The molecule has 0 fully saturated rings. The Morgan fingerprint density at radius 2 is 1.74 bits per heavy atom. The van der Waals surface area contributed by atoms with Gasteiger partial charge >= 0.3 is 0 Å². The molecule has 34 heavy (non-hydrogen) atoms. The molecule has 0 amide bonds. The van der Waals surface area contributed by atoms with E-state index in [4.69, 9.17) is 9.84 Å². The average molecular weight is 579 g/mol. The Labute approximate surface area is 212 Å². The van der Waals surface area contributed by atoms with Crippen molar-refractivity contribution in [2.75, 3.05) is 0 Å². The number of hydrogen-bond acceptors (Lipinski definition) is 5. The highest BCUT2D eigenvalue weighted by atomic mass is 79.9. The van der Waals surface area contributed by atoms with Crippen LogP contribution in [0.4, 0.5) is 5.69 Å². The van der Waals surface area contributed by atoms with Gasteiger partial charge in [0.25, 0.3) is 5.69 Å². The zero-order valence-electron chi connectivity index (χ0n) is 17.7. The number of fused-ring (bicyclic) bond motifs is 4. The zero-order valence-corrected chi connectivity index (χ0v) is 20.9. The largest absolute Gasteiger partial charge is 0.463 e. The molecule has 4 aromatic carbocycles. The van der Waals surface area contributed by atoms with Gasteiger partial charge in [-0.25, -0.2) is 5.01 Å². The molecule has 2 heterocycles. The van der Waals surface area contributed by atoms with Gasteiger partial charge in [0.15, 0.2) is 0 Å². The van der Waals surface area contributed by atoms with Gasteiger partial charge in [0.1, 0.15) is 5.75 Å². The van der Waals surface area contributed by atoms with Crippen molar-refractivity contribution in [2.24, 2.45) is 5.10 Å². The molecule has 0 saturated carbocycles. The van der Waals surface area contributed by atoms with Gasteiger partial charge in [0.05, 0.1) is 21.1 Å². The molecular weight excluding hydrogens is 562 g/mol. The summed E-state index contributed by atoms with van der Waals surface area (Å²) in [6.07, 6.45) is 0.217. The number of hydrogen-bond donors (Lipinski definition) is 0. The fourth-order valence-electron chi connectivity index (χ4n) is 4.64. The third kappa shape index (κ3) is 3.58. The SMILES string of the molecule is O=[N+]([O-])c1ccc([C@@H]2Oc3c(Br)cc(Br)cc3[C@H]3CC(c4ccc5ccccc5c4)=NN32)cc1. The number of non-ortho nitro benzene ring substituents is 1. The molecule has 2 atom stereocenters. The number of rotatable bonds is 3. The number of halogens is 2. The van der Waals surface area contributed by atoms with E-state index in [9.17, 15) is 10.1 Å². The van der Waals surface area contributed by atoms with Crippen molar-refractivity contribution in [3.8, 4) is 5.75 Å². The van der Waals surface area contributed by atoms with Gasteiger partial charge in [-0.15, -0.1) is 0 Å². The summed E-state index contributed by atoms with van der Waals surface area (Å²) in [4.78, 5) is 10.7. The summed E-state index contributed by atoms with van der Waals surface area (Å²) in [5.41, 5.74) is 3.95. The first-order valence-corrected chi connectivity index (χ1v) is 12.3. The van der Waals surface area contributed by atoms with E-state index in [1.807, 2.05) is 23.2 Å². The van der Waals surface area contributed by atoms with Crippen LogP contribution in [0.1, 0.15) is 35.4 Å². The maximum atomic E-state index is 11.1. The summed E-state index contributed by atoms with van der Waals surface area (Å²) in [5, 5.41) is 20.5. The fourth-order valence-corrected chi connectivity index (χ4v) is 5.99. The first kappa shape index (κ1) is 21.3. The highest BCUT2D eigenvalue weighted by Gasteiger charge is 2.42. The summed E-state index contributed by atoms with van der Waals surface area (Å²) >= 11 is 7.25. The van der Waals surface area contributed by atoms with Gasteiger partial charge in [-0.2, -0.15) is 5.10 Å². The summed E-state index contributed by atoms with van der Waals surface area (Å²) < 4.78 is 8.26. The summed E-state index contributed by atoms with van der Waals surface area (Å²) in [6, 6.07) is 25.2. The second-order valence-corrected chi connectivity index (χ2v) is 10.1. The molecule has 0 aliphatic carbocycles. The van der Waals surface area contributed by atoms with Crippen molar-refractivity contribution in [1.82, 2.24) is 5.01 Å². The van der Waals surface area contributed by atoms with Crippen molar-refractivity contribution >= 4 is 54.0 Å². The third-order valence-electron chi connectivity index (χ3n) is 6.28. The Hall–Kier alpha value is -3.23. The molecule has 4 aromatic rings. The second kappa shape index (κ2) is 8.21. The minimum Gasteiger partial charge on any atom is -0.463 e. The fraction of sp³-hybridized carbons (Fsp3) is 0.115. The predicted molar refractivity (Wildman–Crippen MR) is 138 cm³/mol. The lowest BCUT2D eigenvalue weighted by molar-refractivity contribution is -0.384. The Balaban J connectivity index is 1.45. The topological polar surface area (TPSA) is 68.0 Å². The zero-order chi connectivity index (χ0) is 23.4. The first-order valence-electron chi connectivity index (χ1n) is 10.7. The molecule has 0 aromatic heterocycles. The molecule has 6 rings (SSSR count). The number of ether oxygens (including phenoxy) is 1. The van der Waals surface area contributed by atoms with Crippen LogP contribution in [0.25, 0.3) is 10.8 Å². The smallest absolute Gasteiger partial charge is 0.269 e. The Bertz CT molecular complexity index is 1490. The van der Waals surface area contributed by atoms with E-state index in [0.29, 0.717) is 0 Å². The van der Waals surface area contributed by atoms with Crippen LogP contribution in [-0.4, -0.2) is 15.6 Å². The monoisotopic (exact) mass is 577 g/mol. The van der Waals surface area contributed by atoms with Crippen molar-refractivity contribution in [2.45, 2.75) is 18.7 Å². The molecule has 6 nitrogen and oxygen atoms in total. The van der Waals surface area contributed by atoms with Crippen LogP contribution in [0.15, 0.2) is 92.9 Å². The van der Waals surface area contributed by atoms with E-state index in [0.717, 1.165) is 43.5 Å². The highest BCUT2D eigenvalue weighted by molar-refractivity contribution is 9.11. The van der Waals surface area contributed by atoms with Gasteiger partial charge in [-0.1, -0.05) is 52.3 Å². The normalized spacial score (nSPS) is 18.8. The van der Waals surface area contributed by atoms with Crippen molar-refractivity contribution in [1.29, 1.82) is 0 Å². The lowest BCUT2D eigenvalue weighted by Crippen LogP contribution is -2.33. The molecule has 0 radical (unpaired) electrons. The lowest BCUT2D eigenvalue weighted by atomic mass is 9.95. The lowest BCUT2D eigenvalue weighted by Gasteiger charge is -2.38. The predicted octanol–water partition coefficient (Wildman–Crippen LogP) is 7.52. The number of nitro benzene ring substituents is 1. The maximum absolute atomic E-state index is 11.1. The molecular formula is C26H17Br2N3O3. The van der Waals surface area contributed by atoms with E-state index in [-0.39, 0.29) is 11.7 Å². The minimum atomic E-state index is -0.506. The van der Waals surface area contributed by atoms with Gasteiger partial charge in [-0.3, -0.25) is 10.1 Å². The van der Waals surface area contributed by atoms with E-state index >= 15 is 0 Å². The standard InChI is InChI=1S/C26H17Br2N3O3/c27-19-12-21-24-14-23(18-6-5-15-3-1-2-4-17(15)11-18)29-30(24)26(34-25(21)22(28)13-19)16-7-9-20(10-8-16)31(32)33/h1-13,24,26H,14H2/t24-,26+/m1/s1. The number of benzene rings is 4. The third-order valence-corrected chi connectivity index (χ3v) is 7.33. The number of nitrogens with zero attached hydrogens (tertiary/aromatic N) is 3. The summed E-state index contributed by atoms with van der Waals surface area (Å²) in [5.74, 6) is 0.766. The van der Waals surface area contributed by atoms with Gasteiger partial charge in [-0.05, 0) is 62.6 Å². The highest BCUT2D eigenvalue weighted by Crippen LogP contribution is 2.51. The van der Waals surface area contributed by atoms with Crippen LogP contribution < -0.4 is 4.74 Å². The Morgan fingerprint density at radius 3 is 2.50 bits per heavy atom. The molecule has 8 heteroatoms. The molecule has 0 saturated heterocycles. The van der Waals surface area contributed by atoms with Crippen LogP contribution >= 0.6 is 31.9 Å². The van der Waals surface area contributed by atoms with Crippen LogP contribution in [0.2, 0.25) is 0 Å². The number of hydrazone groups is 1. The second-order valence-electron chi connectivity index (χ2n) is 8.33. The Morgan fingerprint density at radius 1 is 0.971 bits per heavy atom. The van der Waals surface area contributed by atoms with Crippen molar-refractivity contribution in [3.05, 3.63) is 115 Å². The quantitative estimate of drug-likeness (QED) is 0.186. The number of nitro groups is 1. The van der Waals surface area contributed by atoms with Crippen molar-refractivity contribution < 1.29 is 9.66 Å². The van der Waals surface area contributed by atoms with E-state index in [1.165, 1.54) is 22.9 Å². The van der Waals surface area contributed by atoms with Gasteiger partial charge < -0.3 is 4.74 Å². The molecule has 168 valence electrons. The molecule has 0 spiro atoms. The molecule has 0 unspecified atom stereocenters. The maximum Gasteiger partial charge on any atom is 0.269 e. The van der Waals surface area contributed by atoms with Gasteiger partial charge in [0, 0.05) is 34.2 Å². The summed E-state index contributed by atoms with van der Waals surface area (Å²) in [7, 11) is 0. The first-order chi connectivity index (χ1) is 16.5. The van der Waals surface area contributed by atoms with Gasteiger partial charge in [0.2, 0.25) is 6.23 Å². The average Bonchev–Trinajstić information content (AvgIpc) is 3.29. The van der Waals surface area contributed by atoms with E-state index in [1.54, 1.807) is 12.1 Å². The van der Waals surface area contributed by atoms with E-state index in [2.05, 4.69) is 68.3 Å². The minimum absolute atomic E-state index is 0.0285.